The predicted molar refractivity (Wildman–Crippen MR) is 44.0 cm³/mol. The van der Waals surface area contributed by atoms with Gasteiger partial charge in [0, 0.05) is 12.4 Å². The Morgan fingerprint density at radius 2 is 2.20 bits per heavy atom. The molecule has 0 radical (unpaired) electrons. The highest BCUT2D eigenvalue weighted by molar-refractivity contribution is 5.73. The highest BCUT2D eigenvalue weighted by atomic mass is 19.4. The summed E-state index contributed by atoms with van der Waals surface area (Å²) < 4.78 is 42.2. The summed E-state index contributed by atoms with van der Waals surface area (Å²) in [5.41, 5.74) is 0. The lowest BCUT2D eigenvalue weighted by Crippen LogP contribution is -2.23. The first-order chi connectivity index (χ1) is 6.88. The van der Waals surface area contributed by atoms with Gasteiger partial charge in [-0.2, -0.15) is 13.2 Å². The minimum Gasteiger partial charge on any atom is -0.467 e. The van der Waals surface area contributed by atoms with Crippen molar-refractivity contribution >= 4 is 5.97 Å². The largest absolute Gasteiger partial charge is 0.467 e. The maximum absolute atomic E-state index is 12.4. The van der Waals surface area contributed by atoms with E-state index in [9.17, 15) is 18.0 Å². The van der Waals surface area contributed by atoms with E-state index in [4.69, 9.17) is 0 Å². The molecule has 0 aliphatic carbocycles. The Morgan fingerprint density at radius 3 is 2.67 bits per heavy atom. The van der Waals surface area contributed by atoms with E-state index < -0.39 is 24.0 Å². The van der Waals surface area contributed by atoms with Gasteiger partial charge in [-0.25, -0.2) is 9.78 Å². The Balaban J connectivity index is 3.05. The van der Waals surface area contributed by atoms with Gasteiger partial charge in [0.05, 0.1) is 7.11 Å². The van der Waals surface area contributed by atoms with Crippen LogP contribution in [0.1, 0.15) is 18.8 Å². The van der Waals surface area contributed by atoms with E-state index in [1.54, 1.807) is 0 Å². The molecule has 0 bridgehead atoms. The van der Waals surface area contributed by atoms with Gasteiger partial charge in [-0.3, -0.25) is 0 Å². The standard InChI is InChI=1S/C8H9F3N2O2/c1-5(6(14)15-2)13-4-3-12-7(13)8(9,10)11/h3-5H,1-2H3. The summed E-state index contributed by atoms with van der Waals surface area (Å²) in [6.45, 7) is 1.31. The van der Waals surface area contributed by atoms with Gasteiger partial charge in [0.25, 0.3) is 0 Å². The number of hydrogen-bond donors (Lipinski definition) is 0. The molecule has 0 saturated heterocycles. The summed E-state index contributed by atoms with van der Waals surface area (Å²) in [4.78, 5) is 14.2. The van der Waals surface area contributed by atoms with Gasteiger partial charge in [0.1, 0.15) is 6.04 Å². The number of nitrogens with zero attached hydrogens (tertiary/aromatic N) is 2. The molecule has 84 valence electrons. The molecular formula is C8H9F3N2O2. The lowest BCUT2D eigenvalue weighted by Gasteiger charge is -2.15. The van der Waals surface area contributed by atoms with E-state index in [0.29, 0.717) is 0 Å². The fourth-order valence-electron chi connectivity index (χ4n) is 1.13. The second kappa shape index (κ2) is 3.92. The second-order valence-corrected chi connectivity index (χ2v) is 2.86. The Bertz CT molecular complexity index is 359. The molecule has 0 amide bonds. The molecule has 0 spiro atoms. The highest BCUT2D eigenvalue weighted by Crippen LogP contribution is 2.29. The van der Waals surface area contributed by atoms with Crippen molar-refractivity contribution in [2.24, 2.45) is 0 Å². The Labute approximate surface area is 83.7 Å². The van der Waals surface area contributed by atoms with E-state index in [0.717, 1.165) is 24.1 Å². The highest BCUT2D eigenvalue weighted by Gasteiger charge is 2.38. The molecule has 1 atom stereocenters. The molecule has 0 saturated carbocycles. The molecular weight excluding hydrogens is 213 g/mol. The first-order valence-electron chi connectivity index (χ1n) is 4.05. The number of carbonyl (C=O) groups excluding carboxylic acids is 1. The first-order valence-corrected chi connectivity index (χ1v) is 4.05. The summed E-state index contributed by atoms with van der Waals surface area (Å²) in [5.74, 6) is -1.86. The van der Waals surface area contributed by atoms with Crippen LogP contribution in [0.4, 0.5) is 13.2 Å². The van der Waals surface area contributed by atoms with Crippen LogP contribution in [-0.2, 0) is 15.7 Å². The molecule has 7 heteroatoms. The lowest BCUT2D eigenvalue weighted by molar-refractivity contribution is -0.152. The van der Waals surface area contributed by atoms with E-state index >= 15 is 0 Å². The van der Waals surface area contributed by atoms with Gasteiger partial charge >= 0.3 is 12.1 Å². The molecule has 1 heterocycles. The minimum absolute atomic E-state index is 0.728. The van der Waals surface area contributed by atoms with Gasteiger partial charge in [-0.05, 0) is 6.92 Å². The van der Waals surface area contributed by atoms with Crippen LogP contribution in [0, 0.1) is 0 Å². The summed E-state index contributed by atoms with van der Waals surface area (Å²) in [5, 5.41) is 0. The number of ether oxygens (including phenoxy) is 1. The van der Waals surface area contributed by atoms with Crippen LogP contribution >= 0.6 is 0 Å². The molecule has 15 heavy (non-hydrogen) atoms. The number of rotatable bonds is 2. The van der Waals surface area contributed by atoms with Crippen molar-refractivity contribution in [1.82, 2.24) is 9.55 Å². The van der Waals surface area contributed by atoms with E-state index in [1.807, 2.05) is 0 Å². The molecule has 0 aromatic carbocycles. The first kappa shape index (κ1) is 11.5. The maximum Gasteiger partial charge on any atom is 0.449 e. The van der Waals surface area contributed by atoms with Crippen molar-refractivity contribution < 1.29 is 22.7 Å². The van der Waals surface area contributed by atoms with Gasteiger partial charge in [0.15, 0.2) is 0 Å². The molecule has 0 aliphatic heterocycles. The summed E-state index contributed by atoms with van der Waals surface area (Å²) >= 11 is 0. The summed E-state index contributed by atoms with van der Waals surface area (Å²) in [6, 6.07) is -1.05. The van der Waals surface area contributed by atoms with Gasteiger partial charge < -0.3 is 9.30 Å². The average molecular weight is 222 g/mol. The summed E-state index contributed by atoms with van der Waals surface area (Å²) in [6.07, 6.45) is -2.50. The van der Waals surface area contributed by atoms with Crippen molar-refractivity contribution in [2.45, 2.75) is 19.1 Å². The second-order valence-electron chi connectivity index (χ2n) is 2.86. The van der Waals surface area contributed by atoms with Crippen LogP contribution in [0.3, 0.4) is 0 Å². The number of alkyl halides is 3. The van der Waals surface area contributed by atoms with Gasteiger partial charge in [-0.15, -0.1) is 0 Å². The number of esters is 1. The van der Waals surface area contributed by atoms with Gasteiger partial charge in [0.2, 0.25) is 5.82 Å². The van der Waals surface area contributed by atoms with E-state index in [1.165, 1.54) is 6.92 Å². The van der Waals surface area contributed by atoms with Crippen molar-refractivity contribution in [3.05, 3.63) is 18.2 Å². The number of carbonyl (C=O) groups is 1. The zero-order valence-corrected chi connectivity index (χ0v) is 8.08. The van der Waals surface area contributed by atoms with Crippen LogP contribution in [0.2, 0.25) is 0 Å². The molecule has 1 aromatic rings. The molecule has 1 unspecified atom stereocenters. The number of aromatic nitrogens is 2. The fourth-order valence-corrected chi connectivity index (χ4v) is 1.13. The molecule has 1 aromatic heterocycles. The predicted octanol–water partition coefficient (Wildman–Crippen LogP) is 1.64. The molecule has 0 aliphatic rings. The Hall–Kier alpha value is -1.53. The Morgan fingerprint density at radius 1 is 1.60 bits per heavy atom. The number of imidazole rings is 1. The normalized spacial score (nSPS) is 13.7. The van der Waals surface area contributed by atoms with Crippen molar-refractivity contribution in [1.29, 1.82) is 0 Å². The third-order valence-electron chi connectivity index (χ3n) is 1.88. The van der Waals surface area contributed by atoms with Gasteiger partial charge in [-0.1, -0.05) is 0 Å². The third kappa shape index (κ3) is 2.28. The zero-order chi connectivity index (χ0) is 11.6. The average Bonchev–Trinajstić information content (AvgIpc) is 2.63. The quantitative estimate of drug-likeness (QED) is 0.714. The van der Waals surface area contributed by atoms with Crippen molar-refractivity contribution in [2.75, 3.05) is 7.11 Å². The minimum atomic E-state index is -4.58. The summed E-state index contributed by atoms with van der Waals surface area (Å²) in [7, 11) is 1.11. The third-order valence-corrected chi connectivity index (χ3v) is 1.88. The van der Waals surface area contributed by atoms with Crippen molar-refractivity contribution in [3.8, 4) is 0 Å². The molecule has 0 fully saturated rings. The van der Waals surface area contributed by atoms with Crippen LogP contribution in [0.15, 0.2) is 12.4 Å². The molecule has 1 rings (SSSR count). The van der Waals surface area contributed by atoms with Crippen LogP contribution in [0.25, 0.3) is 0 Å². The number of methoxy groups -OCH3 is 1. The van der Waals surface area contributed by atoms with Crippen LogP contribution < -0.4 is 0 Å². The van der Waals surface area contributed by atoms with Crippen molar-refractivity contribution in [3.63, 3.8) is 0 Å². The maximum atomic E-state index is 12.4. The van der Waals surface area contributed by atoms with E-state index in [-0.39, 0.29) is 0 Å². The van der Waals surface area contributed by atoms with Crippen LogP contribution in [-0.4, -0.2) is 22.6 Å². The Kier molecular flexibility index (Phi) is 3.01. The molecule has 0 N–H and O–H groups in total. The monoisotopic (exact) mass is 222 g/mol. The van der Waals surface area contributed by atoms with Crippen LogP contribution in [0.5, 0.6) is 0 Å². The zero-order valence-electron chi connectivity index (χ0n) is 8.08. The SMILES string of the molecule is COC(=O)C(C)n1ccnc1C(F)(F)F. The fraction of sp³-hybridized carbons (Fsp3) is 0.500. The van der Waals surface area contributed by atoms with E-state index in [2.05, 4.69) is 9.72 Å². The molecule has 4 nitrogen and oxygen atoms in total. The topological polar surface area (TPSA) is 44.1 Å². The number of hydrogen-bond acceptors (Lipinski definition) is 3. The smallest absolute Gasteiger partial charge is 0.449 e. The lowest BCUT2D eigenvalue weighted by atomic mass is 10.3. The number of halogens is 3.